The molecule has 106 valence electrons. The lowest BCUT2D eigenvalue weighted by Crippen LogP contribution is -1.88. The third-order valence-corrected chi connectivity index (χ3v) is 3.40. The van der Waals surface area contributed by atoms with Crippen LogP contribution in [0.3, 0.4) is 0 Å². The molecule has 0 atom stereocenters. The van der Waals surface area contributed by atoms with Gasteiger partial charge in [-0.05, 0) is 19.1 Å². The Morgan fingerprint density at radius 1 is 1.19 bits per heavy atom. The van der Waals surface area contributed by atoms with Gasteiger partial charge in [0.1, 0.15) is 5.82 Å². The fraction of sp³-hybridized carbons (Fsp3) is 0.235. The van der Waals surface area contributed by atoms with Gasteiger partial charge in [0.25, 0.3) is 6.43 Å². The summed E-state index contributed by atoms with van der Waals surface area (Å²) in [6.45, 7) is 2.03. The van der Waals surface area contributed by atoms with Crippen molar-refractivity contribution >= 4 is 16.6 Å². The van der Waals surface area contributed by atoms with Gasteiger partial charge in [0.05, 0.1) is 11.0 Å². The quantitative estimate of drug-likeness (QED) is 0.800. The lowest BCUT2D eigenvalue weighted by molar-refractivity contribution is 0.151. The van der Waals surface area contributed by atoms with Gasteiger partial charge in [-0.3, -0.25) is 0 Å². The van der Waals surface area contributed by atoms with Crippen LogP contribution in [0.15, 0.2) is 35.9 Å². The molecule has 1 heterocycles. The highest BCUT2D eigenvalue weighted by molar-refractivity contribution is 5.80. The van der Waals surface area contributed by atoms with Crippen LogP contribution in [0, 0.1) is 11.8 Å². The van der Waals surface area contributed by atoms with Gasteiger partial charge in [0.2, 0.25) is 0 Å². The van der Waals surface area contributed by atoms with Crippen molar-refractivity contribution in [1.82, 2.24) is 9.97 Å². The number of aromatic amines is 1. The predicted molar refractivity (Wildman–Crippen MR) is 79.8 cm³/mol. The van der Waals surface area contributed by atoms with Crippen LogP contribution in [-0.4, -0.2) is 9.97 Å². The number of nitrogens with zero attached hydrogens (tertiary/aromatic N) is 1. The summed E-state index contributed by atoms with van der Waals surface area (Å²) < 4.78 is 25.5. The first-order chi connectivity index (χ1) is 10.1. The monoisotopic (exact) mass is 284 g/mol. The second-order valence-electron chi connectivity index (χ2n) is 5.07. The highest BCUT2D eigenvalue weighted by Crippen LogP contribution is 2.25. The third-order valence-electron chi connectivity index (χ3n) is 3.40. The van der Waals surface area contributed by atoms with Crippen molar-refractivity contribution < 1.29 is 8.78 Å². The Balaban J connectivity index is 2.03. The van der Waals surface area contributed by atoms with Crippen molar-refractivity contribution in [3.05, 3.63) is 47.3 Å². The maximum absolute atomic E-state index is 12.7. The van der Waals surface area contributed by atoms with Gasteiger partial charge in [-0.2, -0.15) is 0 Å². The van der Waals surface area contributed by atoms with Gasteiger partial charge < -0.3 is 4.98 Å². The first-order valence-corrected chi connectivity index (χ1v) is 6.74. The summed E-state index contributed by atoms with van der Waals surface area (Å²) in [4.78, 5) is 7.58. The SMILES string of the molecule is C/C1=C/C=C(/c2nc3ccc(C(F)F)cc3[nH]2)CC#CC1. The maximum Gasteiger partial charge on any atom is 0.263 e. The van der Waals surface area contributed by atoms with Crippen molar-refractivity contribution in [2.24, 2.45) is 0 Å². The van der Waals surface area contributed by atoms with Gasteiger partial charge in [-0.1, -0.05) is 35.6 Å². The second kappa shape index (κ2) is 5.53. The number of rotatable bonds is 2. The van der Waals surface area contributed by atoms with Crippen molar-refractivity contribution in [1.29, 1.82) is 0 Å². The molecule has 1 aromatic heterocycles. The number of alkyl halides is 2. The van der Waals surface area contributed by atoms with E-state index < -0.39 is 6.43 Å². The van der Waals surface area contributed by atoms with Gasteiger partial charge in [0.15, 0.2) is 0 Å². The lowest BCUT2D eigenvalue weighted by Gasteiger charge is -2.01. The van der Waals surface area contributed by atoms with Crippen LogP contribution in [0.4, 0.5) is 8.78 Å². The van der Waals surface area contributed by atoms with Crippen LogP contribution in [0.2, 0.25) is 0 Å². The number of aromatic nitrogens is 2. The molecule has 0 amide bonds. The molecule has 1 aromatic carbocycles. The van der Waals surface area contributed by atoms with Gasteiger partial charge in [-0.15, -0.1) is 0 Å². The number of hydrogen-bond donors (Lipinski definition) is 1. The van der Waals surface area contributed by atoms with Crippen LogP contribution < -0.4 is 0 Å². The summed E-state index contributed by atoms with van der Waals surface area (Å²) in [5, 5.41) is 0. The van der Waals surface area contributed by atoms with Gasteiger partial charge in [0, 0.05) is 24.0 Å². The van der Waals surface area contributed by atoms with E-state index in [1.54, 1.807) is 6.07 Å². The first-order valence-electron chi connectivity index (χ1n) is 6.74. The summed E-state index contributed by atoms with van der Waals surface area (Å²) in [7, 11) is 0. The number of imidazole rings is 1. The van der Waals surface area contributed by atoms with E-state index >= 15 is 0 Å². The fourth-order valence-corrected chi connectivity index (χ4v) is 2.20. The Hall–Kier alpha value is -2.41. The Labute approximate surface area is 121 Å². The predicted octanol–water partition coefficient (Wildman–Crippen LogP) is 4.63. The molecule has 0 fully saturated rings. The molecule has 1 N–H and O–H groups in total. The summed E-state index contributed by atoms with van der Waals surface area (Å²) in [6.07, 6.45) is 2.93. The molecule has 0 saturated carbocycles. The number of benzene rings is 1. The molecule has 2 nitrogen and oxygen atoms in total. The number of nitrogens with one attached hydrogen (secondary N) is 1. The summed E-state index contributed by atoms with van der Waals surface area (Å²) in [5.41, 5.74) is 3.47. The minimum absolute atomic E-state index is 0.000113. The zero-order valence-electron chi connectivity index (χ0n) is 11.6. The van der Waals surface area contributed by atoms with Crippen LogP contribution >= 0.6 is 0 Å². The summed E-state index contributed by atoms with van der Waals surface area (Å²) in [5.74, 6) is 6.89. The zero-order valence-corrected chi connectivity index (χ0v) is 11.6. The number of fused-ring (bicyclic) bond motifs is 1. The summed E-state index contributed by atoms with van der Waals surface area (Å²) >= 11 is 0. The molecule has 21 heavy (non-hydrogen) atoms. The third kappa shape index (κ3) is 2.87. The molecule has 0 saturated heterocycles. The highest BCUT2D eigenvalue weighted by Gasteiger charge is 2.11. The Morgan fingerprint density at radius 2 is 2.00 bits per heavy atom. The number of allylic oxidation sites excluding steroid dienone is 4. The van der Waals surface area contributed by atoms with E-state index in [1.807, 2.05) is 19.1 Å². The van der Waals surface area contributed by atoms with Gasteiger partial charge in [-0.25, -0.2) is 13.8 Å². The molecule has 0 bridgehead atoms. The normalized spacial score (nSPS) is 20.0. The van der Waals surface area contributed by atoms with E-state index in [9.17, 15) is 8.78 Å². The van der Waals surface area contributed by atoms with Crippen molar-refractivity contribution in [2.75, 3.05) is 0 Å². The molecule has 3 rings (SSSR count). The summed E-state index contributed by atoms with van der Waals surface area (Å²) in [6, 6.07) is 4.48. The van der Waals surface area contributed by atoms with E-state index in [1.165, 1.54) is 17.7 Å². The van der Waals surface area contributed by atoms with E-state index in [4.69, 9.17) is 0 Å². The number of halogens is 2. The molecule has 0 aliphatic heterocycles. The van der Waals surface area contributed by atoms with Crippen LogP contribution in [0.25, 0.3) is 16.6 Å². The zero-order chi connectivity index (χ0) is 14.8. The van der Waals surface area contributed by atoms with Crippen molar-refractivity contribution in [2.45, 2.75) is 26.2 Å². The second-order valence-corrected chi connectivity index (χ2v) is 5.07. The molecular weight excluding hydrogens is 270 g/mol. The minimum Gasteiger partial charge on any atom is -0.338 e. The van der Waals surface area contributed by atoms with E-state index in [0.717, 1.165) is 12.0 Å². The Bertz CT molecular complexity index is 801. The number of H-pyrrole nitrogens is 1. The largest absolute Gasteiger partial charge is 0.338 e. The van der Waals surface area contributed by atoms with Crippen molar-refractivity contribution in [3.8, 4) is 11.8 Å². The molecule has 0 radical (unpaired) electrons. The Kier molecular flexibility index (Phi) is 3.57. The molecule has 4 heteroatoms. The van der Waals surface area contributed by atoms with Crippen LogP contribution in [0.1, 0.15) is 37.6 Å². The fourth-order valence-electron chi connectivity index (χ4n) is 2.20. The van der Waals surface area contributed by atoms with E-state index in [2.05, 4.69) is 21.8 Å². The lowest BCUT2D eigenvalue weighted by atomic mass is 10.1. The van der Waals surface area contributed by atoms with E-state index in [0.29, 0.717) is 23.3 Å². The average molecular weight is 284 g/mol. The molecule has 2 aromatic rings. The van der Waals surface area contributed by atoms with Crippen LogP contribution in [0.5, 0.6) is 0 Å². The number of hydrogen-bond acceptors (Lipinski definition) is 1. The molecule has 1 aliphatic carbocycles. The van der Waals surface area contributed by atoms with E-state index in [-0.39, 0.29) is 5.56 Å². The highest BCUT2D eigenvalue weighted by atomic mass is 19.3. The first kappa shape index (κ1) is 13.6. The molecule has 1 aliphatic rings. The molecule has 0 spiro atoms. The van der Waals surface area contributed by atoms with Crippen molar-refractivity contribution in [3.63, 3.8) is 0 Å². The van der Waals surface area contributed by atoms with Crippen LogP contribution in [-0.2, 0) is 0 Å². The smallest absolute Gasteiger partial charge is 0.263 e. The Morgan fingerprint density at radius 3 is 2.81 bits per heavy atom. The minimum atomic E-state index is -2.47. The van der Waals surface area contributed by atoms with Gasteiger partial charge >= 0.3 is 0 Å². The molecule has 0 unspecified atom stereocenters. The standard InChI is InChI=1S/C17H14F2N2/c1-11-4-2-3-5-12(7-6-11)17-20-14-9-8-13(16(18)19)10-15(14)21-17/h6-10,16H,4-5H2,1H3,(H,20,21)/b11-6-,12-7+. The molecular formula is C17H14F2N2. The maximum atomic E-state index is 12.7. The average Bonchev–Trinajstić information content (AvgIpc) is 2.85. The topological polar surface area (TPSA) is 28.7 Å².